The summed E-state index contributed by atoms with van der Waals surface area (Å²) in [6, 6.07) is 15.6. The normalized spacial score (nSPS) is 19.7. The number of nitro benzene ring substituents is 1. The highest BCUT2D eigenvalue weighted by Crippen LogP contribution is 2.46. The Morgan fingerprint density at radius 2 is 1.88 bits per heavy atom. The number of carbonyl (C=O) groups excluding carboxylic acids is 1. The van der Waals surface area contributed by atoms with Crippen molar-refractivity contribution in [1.82, 2.24) is 5.32 Å². The Balaban J connectivity index is 1.58. The van der Waals surface area contributed by atoms with Crippen molar-refractivity contribution in [3.05, 3.63) is 70.3 Å². The van der Waals surface area contributed by atoms with Crippen molar-refractivity contribution in [2.75, 3.05) is 6.61 Å². The van der Waals surface area contributed by atoms with Gasteiger partial charge in [0.15, 0.2) is 6.61 Å². The lowest BCUT2D eigenvalue weighted by Gasteiger charge is -2.19. The summed E-state index contributed by atoms with van der Waals surface area (Å²) in [5.74, 6) is 1.27. The van der Waals surface area contributed by atoms with Crippen molar-refractivity contribution >= 4 is 11.6 Å². The Hall–Kier alpha value is -2.89. The number of benzene rings is 2. The van der Waals surface area contributed by atoms with E-state index in [1.807, 2.05) is 30.3 Å². The summed E-state index contributed by atoms with van der Waals surface area (Å²) in [5.41, 5.74) is 1.09. The van der Waals surface area contributed by atoms with Crippen LogP contribution in [0.1, 0.15) is 24.9 Å². The molecule has 3 rings (SSSR count). The first-order valence-corrected chi connectivity index (χ1v) is 8.26. The van der Waals surface area contributed by atoms with Crippen LogP contribution in [-0.2, 0) is 4.79 Å². The molecular weight excluding hydrogens is 320 g/mol. The largest absolute Gasteiger partial charge is 0.484 e. The van der Waals surface area contributed by atoms with Gasteiger partial charge in [-0.3, -0.25) is 14.9 Å². The fourth-order valence-corrected chi connectivity index (χ4v) is 2.94. The highest BCUT2D eigenvalue weighted by Gasteiger charge is 2.40. The molecule has 25 heavy (non-hydrogen) atoms. The highest BCUT2D eigenvalue weighted by atomic mass is 16.6. The summed E-state index contributed by atoms with van der Waals surface area (Å²) in [6.07, 6.45) is 1.10. The van der Waals surface area contributed by atoms with Crippen LogP contribution in [-0.4, -0.2) is 17.4 Å². The molecule has 130 valence electrons. The summed E-state index contributed by atoms with van der Waals surface area (Å²) in [4.78, 5) is 22.4. The number of hydrogen-bond acceptors (Lipinski definition) is 4. The summed E-state index contributed by atoms with van der Waals surface area (Å²) < 4.78 is 5.43. The van der Waals surface area contributed by atoms with E-state index in [0.29, 0.717) is 17.6 Å². The average molecular weight is 340 g/mol. The predicted octanol–water partition coefficient (Wildman–Crippen LogP) is 3.49. The number of amides is 1. The van der Waals surface area contributed by atoms with Gasteiger partial charge in [0.05, 0.1) is 11.0 Å². The zero-order chi connectivity index (χ0) is 17.8. The monoisotopic (exact) mass is 340 g/mol. The van der Waals surface area contributed by atoms with Gasteiger partial charge in [-0.25, -0.2) is 0 Å². The number of nitrogens with one attached hydrogen (secondary N) is 1. The van der Waals surface area contributed by atoms with Crippen molar-refractivity contribution < 1.29 is 14.5 Å². The van der Waals surface area contributed by atoms with Crippen LogP contribution in [0.2, 0.25) is 0 Å². The Labute approximate surface area is 146 Å². The molecule has 1 amide bonds. The third kappa shape index (κ3) is 4.35. The molecule has 0 saturated heterocycles. The van der Waals surface area contributed by atoms with Crippen LogP contribution in [0.3, 0.4) is 0 Å². The molecule has 1 aliphatic carbocycles. The van der Waals surface area contributed by atoms with Gasteiger partial charge in [0.1, 0.15) is 5.75 Å². The van der Waals surface area contributed by atoms with Crippen molar-refractivity contribution in [3.8, 4) is 5.75 Å². The number of nitrogens with zero attached hydrogens (tertiary/aromatic N) is 1. The average Bonchev–Trinajstić information content (AvgIpc) is 3.35. The van der Waals surface area contributed by atoms with Crippen LogP contribution >= 0.6 is 0 Å². The number of hydrogen-bond donors (Lipinski definition) is 1. The van der Waals surface area contributed by atoms with E-state index in [1.165, 1.54) is 24.3 Å². The maximum Gasteiger partial charge on any atom is 0.269 e. The minimum Gasteiger partial charge on any atom is -0.484 e. The number of non-ortho nitro benzene ring substituents is 1. The first kappa shape index (κ1) is 17.0. The van der Waals surface area contributed by atoms with Crippen molar-refractivity contribution in [1.29, 1.82) is 0 Å². The van der Waals surface area contributed by atoms with E-state index in [2.05, 4.69) is 12.2 Å². The van der Waals surface area contributed by atoms with Crippen LogP contribution in [0.25, 0.3) is 0 Å². The van der Waals surface area contributed by atoms with Crippen LogP contribution in [0.4, 0.5) is 5.69 Å². The Bertz CT molecular complexity index is 746. The maximum absolute atomic E-state index is 12.3. The molecule has 0 bridgehead atoms. The molecule has 1 fully saturated rings. The van der Waals surface area contributed by atoms with E-state index >= 15 is 0 Å². The van der Waals surface area contributed by atoms with Gasteiger partial charge in [0, 0.05) is 12.1 Å². The quantitative estimate of drug-likeness (QED) is 0.618. The number of rotatable bonds is 7. The predicted molar refractivity (Wildman–Crippen MR) is 93.2 cm³/mol. The molecular formula is C19H20N2O4. The lowest BCUT2D eigenvalue weighted by Crippen LogP contribution is -2.34. The van der Waals surface area contributed by atoms with E-state index < -0.39 is 4.92 Å². The second-order valence-corrected chi connectivity index (χ2v) is 6.37. The Morgan fingerprint density at radius 1 is 1.24 bits per heavy atom. The summed E-state index contributed by atoms with van der Waals surface area (Å²) in [6.45, 7) is 2.06. The minimum atomic E-state index is -0.474. The number of carbonyl (C=O) groups is 1. The van der Waals surface area contributed by atoms with Gasteiger partial charge in [-0.1, -0.05) is 37.3 Å². The summed E-state index contributed by atoms with van der Waals surface area (Å²) in [7, 11) is 0. The highest BCUT2D eigenvalue weighted by molar-refractivity contribution is 5.78. The fourth-order valence-electron chi connectivity index (χ4n) is 2.94. The Kier molecular flexibility index (Phi) is 4.97. The maximum atomic E-state index is 12.3. The van der Waals surface area contributed by atoms with Crippen LogP contribution in [0, 0.1) is 22.0 Å². The van der Waals surface area contributed by atoms with Crippen molar-refractivity contribution in [3.63, 3.8) is 0 Å². The third-order valence-corrected chi connectivity index (χ3v) is 4.49. The van der Waals surface area contributed by atoms with Gasteiger partial charge in [-0.2, -0.15) is 0 Å². The van der Waals surface area contributed by atoms with Crippen molar-refractivity contribution in [2.45, 2.75) is 19.4 Å². The van der Waals surface area contributed by atoms with E-state index in [1.54, 1.807) is 0 Å². The van der Waals surface area contributed by atoms with Gasteiger partial charge in [0.2, 0.25) is 0 Å². The lowest BCUT2D eigenvalue weighted by atomic mass is 10.0. The van der Waals surface area contributed by atoms with Crippen LogP contribution in [0.15, 0.2) is 54.6 Å². The summed E-state index contributed by atoms with van der Waals surface area (Å²) in [5, 5.41) is 13.7. The smallest absolute Gasteiger partial charge is 0.269 e. The second kappa shape index (κ2) is 7.34. The molecule has 1 N–H and O–H groups in total. The van der Waals surface area contributed by atoms with Gasteiger partial charge in [0.25, 0.3) is 11.6 Å². The number of ether oxygens (including phenoxy) is 1. The van der Waals surface area contributed by atoms with E-state index in [-0.39, 0.29) is 24.2 Å². The molecule has 3 atom stereocenters. The third-order valence-electron chi connectivity index (χ3n) is 4.49. The molecule has 0 radical (unpaired) electrons. The van der Waals surface area contributed by atoms with Gasteiger partial charge < -0.3 is 10.1 Å². The number of nitro groups is 1. The van der Waals surface area contributed by atoms with E-state index in [4.69, 9.17) is 4.74 Å². The Morgan fingerprint density at radius 3 is 2.44 bits per heavy atom. The minimum absolute atomic E-state index is 0.0100. The standard InChI is InChI=1S/C19H20N2O4/c1-13-11-17(13)19(14-5-3-2-4-6-14)20-18(22)12-25-16-9-7-15(8-10-16)21(23)24/h2-10,13,17,19H,11-12H2,1H3,(H,20,22). The molecule has 0 spiro atoms. The zero-order valence-corrected chi connectivity index (χ0v) is 13.9. The molecule has 0 heterocycles. The lowest BCUT2D eigenvalue weighted by molar-refractivity contribution is -0.384. The summed E-state index contributed by atoms with van der Waals surface area (Å²) >= 11 is 0. The molecule has 6 heteroatoms. The van der Waals surface area contributed by atoms with E-state index in [0.717, 1.165) is 12.0 Å². The molecule has 2 aromatic rings. The molecule has 3 unspecified atom stereocenters. The van der Waals surface area contributed by atoms with E-state index in [9.17, 15) is 14.9 Å². The van der Waals surface area contributed by atoms with Gasteiger partial charge in [-0.05, 0) is 36.0 Å². The molecule has 6 nitrogen and oxygen atoms in total. The first-order valence-electron chi connectivity index (χ1n) is 8.26. The topological polar surface area (TPSA) is 81.5 Å². The van der Waals surface area contributed by atoms with Gasteiger partial charge >= 0.3 is 0 Å². The molecule has 0 aromatic heterocycles. The van der Waals surface area contributed by atoms with Crippen LogP contribution < -0.4 is 10.1 Å². The zero-order valence-electron chi connectivity index (χ0n) is 13.9. The SMILES string of the molecule is CC1CC1C(NC(=O)COc1ccc([N+](=O)[O-])cc1)c1ccccc1. The molecule has 1 aliphatic rings. The molecule has 1 saturated carbocycles. The second-order valence-electron chi connectivity index (χ2n) is 6.37. The fraction of sp³-hybridized carbons (Fsp3) is 0.316. The van der Waals surface area contributed by atoms with Gasteiger partial charge in [-0.15, -0.1) is 0 Å². The molecule has 2 aromatic carbocycles. The van der Waals surface area contributed by atoms with Crippen molar-refractivity contribution in [2.24, 2.45) is 11.8 Å². The van der Waals surface area contributed by atoms with Crippen LogP contribution in [0.5, 0.6) is 5.75 Å². The first-order chi connectivity index (χ1) is 12.0. The molecule has 0 aliphatic heterocycles.